The fraction of sp³-hybridized carbons (Fsp3) is 0.308. The summed E-state index contributed by atoms with van der Waals surface area (Å²) in [6, 6.07) is 4.07. The normalized spacial score (nSPS) is 12.1. The van der Waals surface area contributed by atoms with Crippen molar-refractivity contribution >= 4 is 23.0 Å². The lowest BCUT2D eigenvalue weighted by atomic mass is 10.0. The second-order valence-electron chi connectivity index (χ2n) is 3.72. The first-order valence-corrected chi connectivity index (χ1v) is 6.27. The van der Waals surface area contributed by atoms with Gasteiger partial charge in [-0.25, -0.2) is 0 Å². The maximum Gasteiger partial charge on any atom is 0.416 e. The van der Waals surface area contributed by atoms with E-state index in [-0.39, 0.29) is 10.7 Å². The van der Waals surface area contributed by atoms with Crippen LogP contribution in [0.5, 0.6) is 0 Å². The molecule has 0 atom stereocenters. The Morgan fingerprint density at radius 2 is 2.06 bits per heavy atom. The van der Waals surface area contributed by atoms with Crippen molar-refractivity contribution in [2.75, 3.05) is 5.75 Å². The van der Waals surface area contributed by atoms with Gasteiger partial charge in [-0.1, -0.05) is 36.0 Å². The minimum Gasteiger partial charge on any atom is -0.288 e. The molecule has 98 valence electrons. The van der Waals surface area contributed by atoms with Crippen molar-refractivity contribution in [3.8, 4) is 0 Å². The Balaban J connectivity index is 2.88. The van der Waals surface area contributed by atoms with Crippen LogP contribution in [0.1, 0.15) is 23.6 Å². The average molecular weight is 274 g/mol. The SMILES string of the molecule is CC(=O)SCC=Cc1cccc(C(F)(F)F)c1C. The number of halogens is 3. The summed E-state index contributed by atoms with van der Waals surface area (Å²) in [6.45, 7) is 2.90. The van der Waals surface area contributed by atoms with Crippen LogP contribution >= 0.6 is 11.8 Å². The van der Waals surface area contributed by atoms with Crippen molar-refractivity contribution in [1.29, 1.82) is 0 Å². The maximum absolute atomic E-state index is 12.7. The van der Waals surface area contributed by atoms with Gasteiger partial charge in [-0.3, -0.25) is 4.79 Å². The van der Waals surface area contributed by atoms with Crippen LogP contribution in [0.25, 0.3) is 6.08 Å². The summed E-state index contributed by atoms with van der Waals surface area (Å²) in [5.41, 5.74) is 0.104. The largest absolute Gasteiger partial charge is 0.416 e. The van der Waals surface area contributed by atoms with Gasteiger partial charge in [0.25, 0.3) is 0 Å². The number of benzene rings is 1. The number of carbonyl (C=O) groups excluding carboxylic acids is 1. The van der Waals surface area contributed by atoms with Gasteiger partial charge in [0.05, 0.1) is 5.56 Å². The predicted octanol–water partition coefficient (Wildman–Crippen LogP) is 4.31. The Hall–Kier alpha value is -1.23. The molecule has 18 heavy (non-hydrogen) atoms. The number of hydrogen-bond donors (Lipinski definition) is 0. The molecule has 0 radical (unpaired) electrons. The van der Waals surface area contributed by atoms with Crippen LogP contribution in [0, 0.1) is 6.92 Å². The van der Waals surface area contributed by atoms with Gasteiger partial charge in [-0.2, -0.15) is 13.2 Å². The minimum absolute atomic E-state index is 0.0135. The van der Waals surface area contributed by atoms with E-state index >= 15 is 0 Å². The third-order valence-electron chi connectivity index (χ3n) is 2.36. The Labute approximate surface area is 108 Å². The van der Waals surface area contributed by atoms with E-state index < -0.39 is 11.7 Å². The third kappa shape index (κ3) is 4.22. The zero-order valence-corrected chi connectivity index (χ0v) is 10.9. The van der Waals surface area contributed by atoms with Gasteiger partial charge in [0.1, 0.15) is 0 Å². The molecule has 0 aliphatic rings. The van der Waals surface area contributed by atoms with Crippen molar-refractivity contribution in [2.45, 2.75) is 20.0 Å². The summed E-state index contributed by atoms with van der Waals surface area (Å²) in [6.07, 6.45) is -1.03. The molecule has 0 N–H and O–H groups in total. The molecule has 0 aliphatic carbocycles. The Morgan fingerprint density at radius 3 is 2.61 bits per heavy atom. The average Bonchev–Trinajstić information content (AvgIpc) is 2.24. The first-order chi connectivity index (χ1) is 8.32. The van der Waals surface area contributed by atoms with E-state index in [4.69, 9.17) is 0 Å². The lowest BCUT2D eigenvalue weighted by Crippen LogP contribution is -2.08. The molecule has 0 aromatic heterocycles. The second kappa shape index (κ2) is 6.09. The summed E-state index contributed by atoms with van der Waals surface area (Å²) in [7, 11) is 0. The van der Waals surface area contributed by atoms with Crippen molar-refractivity contribution in [1.82, 2.24) is 0 Å². The van der Waals surface area contributed by atoms with E-state index in [2.05, 4.69) is 0 Å². The number of alkyl halides is 3. The number of rotatable bonds is 3. The molecule has 1 aromatic carbocycles. The lowest BCUT2D eigenvalue weighted by molar-refractivity contribution is -0.138. The first kappa shape index (κ1) is 14.8. The van der Waals surface area contributed by atoms with E-state index in [9.17, 15) is 18.0 Å². The molecule has 0 spiro atoms. The summed E-state index contributed by atoms with van der Waals surface area (Å²) in [5, 5.41) is -0.0135. The van der Waals surface area contributed by atoms with Crippen LogP contribution < -0.4 is 0 Å². The van der Waals surface area contributed by atoms with E-state index in [0.29, 0.717) is 11.3 Å². The highest BCUT2D eigenvalue weighted by Crippen LogP contribution is 2.33. The molecule has 1 aromatic rings. The van der Waals surface area contributed by atoms with Gasteiger partial charge >= 0.3 is 6.18 Å². The van der Waals surface area contributed by atoms with Gasteiger partial charge in [0.15, 0.2) is 5.12 Å². The van der Waals surface area contributed by atoms with E-state index in [1.54, 1.807) is 18.2 Å². The number of hydrogen-bond acceptors (Lipinski definition) is 2. The molecule has 0 fully saturated rings. The fourth-order valence-electron chi connectivity index (χ4n) is 1.48. The molecule has 0 saturated heterocycles. The molecule has 5 heteroatoms. The molecule has 0 bridgehead atoms. The summed E-state index contributed by atoms with van der Waals surface area (Å²) in [5.74, 6) is 0.463. The Bertz CT molecular complexity index is 464. The van der Waals surface area contributed by atoms with Crippen LogP contribution in [0.15, 0.2) is 24.3 Å². The highest BCUT2D eigenvalue weighted by Gasteiger charge is 2.32. The van der Waals surface area contributed by atoms with Gasteiger partial charge in [0.2, 0.25) is 0 Å². The topological polar surface area (TPSA) is 17.1 Å². The summed E-state index contributed by atoms with van der Waals surface area (Å²) >= 11 is 1.12. The molecular formula is C13H13F3OS. The standard InChI is InChI=1S/C13H13F3OS/c1-9-11(6-4-8-18-10(2)17)5-3-7-12(9)13(14,15)16/h3-7H,8H2,1-2H3. The quantitative estimate of drug-likeness (QED) is 0.817. The van der Waals surface area contributed by atoms with Gasteiger partial charge in [0, 0.05) is 12.7 Å². The smallest absolute Gasteiger partial charge is 0.288 e. The van der Waals surface area contributed by atoms with Gasteiger partial charge in [-0.15, -0.1) is 0 Å². The van der Waals surface area contributed by atoms with Crippen molar-refractivity contribution in [3.05, 3.63) is 41.0 Å². The highest BCUT2D eigenvalue weighted by molar-refractivity contribution is 8.13. The van der Waals surface area contributed by atoms with Crippen molar-refractivity contribution in [3.63, 3.8) is 0 Å². The number of carbonyl (C=O) groups is 1. The molecule has 0 amide bonds. The Kier molecular flexibility index (Phi) is 5.02. The molecular weight excluding hydrogens is 261 g/mol. The zero-order chi connectivity index (χ0) is 13.8. The molecule has 0 aliphatic heterocycles. The monoisotopic (exact) mass is 274 g/mol. The summed E-state index contributed by atoms with van der Waals surface area (Å²) in [4.78, 5) is 10.7. The predicted molar refractivity (Wildman–Crippen MR) is 68.4 cm³/mol. The van der Waals surface area contributed by atoms with Crippen molar-refractivity contribution in [2.24, 2.45) is 0 Å². The minimum atomic E-state index is -4.33. The van der Waals surface area contributed by atoms with Crippen molar-refractivity contribution < 1.29 is 18.0 Å². The van der Waals surface area contributed by atoms with Gasteiger partial charge < -0.3 is 0 Å². The van der Waals surface area contributed by atoms with Crippen LogP contribution in [-0.2, 0) is 11.0 Å². The Morgan fingerprint density at radius 1 is 1.39 bits per heavy atom. The fourth-order valence-corrected chi connectivity index (χ4v) is 1.91. The zero-order valence-electron chi connectivity index (χ0n) is 10.0. The summed E-state index contributed by atoms with van der Waals surface area (Å²) < 4.78 is 38.0. The third-order valence-corrected chi connectivity index (χ3v) is 3.13. The molecule has 1 nitrogen and oxygen atoms in total. The van der Waals surface area contributed by atoms with Crippen LogP contribution in [0.2, 0.25) is 0 Å². The van der Waals surface area contributed by atoms with Gasteiger partial charge in [-0.05, 0) is 24.1 Å². The molecule has 0 saturated carbocycles. The van der Waals surface area contributed by atoms with E-state index in [1.807, 2.05) is 0 Å². The number of thioether (sulfide) groups is 1. The molecule has 0 heterocycles. The lowest BCUT2D eigenvalue weighted by Gasteiger charge is -2.11. The second-order valence-corrected chi connectivity index (χ2v) is 4.92. The molecule has 1 rings (SSSR count). The van der Waals surface area contributed by atoms with Crippen LogP contribution in [0.3, 0.4) is 0 Å². The molecule has 0 unspecified atom stereocenters. The van der Waals surface area contributed by atoms with Crippen LogP contribution in [0.4, 0.5) is 13.2 Å². The van der Waals surface area contributed by atoms with Crippen LogP contribution in [-0.4, -0.2) is 10.9 Å². The first-order valence-electron chi connectivity index (χ1n) is 5.29. The maximum atomic E-state index is 12.7. The highest BCUT2D eigenvalue weighted by atomic mass is 32.2. The van der Waals surface area contributed by atoms with E-state index in [1.165, 1.54) is 19.9 Å². The van der Waals surface area contributed by atoms with E-state index in [0.717, 1.165) is 17.8 Å².